The van der Waals surface area contributed by atoms with Crippen molar-refractivity contribution in [3.05, 3.63) is 39.1 Å². The van der Waals surface area contributed by atoms with Gasteiger partial charge in [-0.25, -0.2) is 10.1 Å². The van der Waals surface area contributed by atoms with Gasteiger partial charge in [-0.05, 0) is 24.2 Å². The molecule has 104 valence electrons. The predicted molar refractivity (Wildman–Crippen MR) is 72.2 cm³/mol. The SMILES string of the molecule is Cc1nonc1C(=O)N/N=C\c1cc(Cl)cc(Cl)c1O. The second kappa shape index (κ2) is 5.89. The molecule has 0 saturated carbocycles. The molecular formula is C11H8Cl2N4O3. The Morgan fingerprint density at radius 3 is 2.85 bits per heavy atom. The molecule has 20 heavy (non-hydrogen) atoms. The summed E-state index contributed by atoms with van der Waals surface area (Å²) in [6.07, 6.45) is 1.20. The van der Waals surface area contributed by atoms with E-state index in [4.69, 9.17) is 23.2 Å². The quantitative estimate of drug-likeness (QED) is 0.667. The van der Waals surface area contributed by atoms with Crippen LogP contribution < -0.4 is 5.43 Å². The number of aryl methyl sites for hydroxylation is 1. The van der Waals surface area contributed by atoms with Crippen LogP contribution in [0, 0.1) is 6.92 Å². The molecule has 0 radical (unpaired) electrons. The fourth-order valence-corrected chi connectivity index (χ4v) is 1.84. The zero-order valence-corrected chi connectivity index (χ0v) is 11.6. The number of carbonyl (C=O) groups excluding carboxylic acids is 1. The number of carbonyl (C=O) groups is 1. The van der Waals surface area contributed by atoms with Crippen molar-refractivity contribution in [2.75, 3.05) is 0 Å². The van der Waals surface area contributed by atoms with E-state index in [0.29, 0.717) is 10.7 Å². The average Bonchev–Trinajstić information content (AvgIpc) is 2.81. The molecule has 0 aliphatic heterocycles. The molecule has 0 fully saturated rings. The fourth-order valence-electron chi connectivity index (χ4n) is 1.34. The number of aromatic nitrogens is 2. The van der Waals surface area contributed by atoms with E-state index in [1.54, 1.807) is 6.92 Å². The first-order valence-electron chi connectivity index (χ1n) is 5.29. The van der Waals surface area contributed by atoms with Gasteiger partial charge in [-0.3, -0.25) is 4.79 Å². The molecule has 0 spiro atoms. The normalized spacial score (nSPS) is 10.9. The Kier molecular flexibility index (Phi) is 4.21. The molecule has 2 N–H and O–H groups in total. The van der Waals surface area contributed by atoms with E-state index < -0.39 is 5.91 Å². The van der Waals surface area contributed by atoms with Gasteiger partial charge in [0.1, 0.15) is 11.4 Å². The van der Waals surface area contributed by atoms with E-state index in [0.717, 1.165) is 0 Å². The van der Waals surface area contributed by atoms with Crippen molar-refractivity contribution in [1.82, 2.24) is 15.7 Å². The lowest BCUT2D eigenvalue weighted by atomic mass is 10.2. The van der Waals surface area contributed by atoms with Gasteiger partial charge < -0.3 is 5.11 Å². The lowest BCUT2D eigenvalue weighted by Gasteiger charge is -2.02. The Balaban J connectivity index is 2.11. The maximum absolute atomic E-state index is 11.6. The summed E-state index contributed by atoms with van der Waals surface area (Å²) in [4.78, 5) is 11.6. The van der Waals surface area contributed by atoms with E-state index in [1.807, 2.05) is 0 Å². The van der Waals surface area contributed by atoms with E-state index in [-0.39, 0.29) is 22.0 Å². The van der Waals surface area contributed by atoms with Gasteiger partial charge in [0.25, 0.3) is 5.91 Å². The highest BCUT2D eigenvalue weighted by Gasteiger charge is 2.14. The van der Waals surface area contributed by atoms with Crippen LogP contribution in [0.4, 0.5) is 0 Å². The second-order valence-corrected chi connectivity index (χ2v) is 4.57. The summed E-state index contributed by atoms with van der Waals surface area (Å²) in [6, 6.07) is 2.83. The maximum Gasteiger partial charge on any atom is 0.295 e. The molecular weight excluding hydrogens is 307 g/mol. The van der Waals surface area contributed by atoms with Crippen molar-refractivity contribution in [3.63, 3.8) is 0 Å². The molecule has 0 saturated heterocycles. The number of amides is 1. The number of rotatable bonds is 3. The van der Waals surface area contributed by atoms with Crippen LogP contribution in [0.25, 0.3) is 0 Å². The van der Waals surface area contributed by atoms with Gasteiger partial charge in [0.05, 0.1) is 11.2 Å². The first-order chi connectivity index (χ1) is 9.49. The lowest BCUT2D eigenvalue weighted by Crippen LogP contribution is -2.19. The Labute approximate surface area is 123 Å². The molecule has 0 atom stereocenters. The number of hydrogen-bond donors (Lipinski definition) is 2. The highest BCUT2D eigenvalue weighted by Crippen LogP contribution is 2.29. The number of benzene rings is 1. The molecule has 2 rings (SSSR count). The minimum Gasteiger partial charge on any atom is -0.506 e. The zero-order chi connectivity index (χ0) is 14.7. The molecule has 0 aliphatic rings. The van der Waals surface area contributed by atoms with Gasteiger partial charge in [0, 0.05) is 10.6 Å². The Morgan fingerprint density at radius 1 is 1.45 bits per heavy atom. The fraction of sp³-hybridized carbons (Fsp3) is 0.0909. The number of hydrogen-bond acceptors (Lipinski definition) is 6. The molecule has 1 aromatic heterocycles. The molecule has 2 aromatic rings. The summed E-state index contributed by atoms with van der Waals surface area (Å²) >= 11 is 11.5. The van der Waals surface area contributed by atoms with E-state index in [2.05, 4.69) is 25.5 Å². The Morgan fingerprint density at radius 2 is 2.20 bits per heavy atom. The van der Waals surface area contributed by atoms with Crippen molar-refractivity contribution < 1.29 is 14.5 Å². The highest BCUT2D eigenvalue weighted by atomic mass is 35.5. The van der Waals surface area contributed by atoms with Crippen molar-refractivity contribution in [2.45, 2.75) is 6.92 Å². The maximum atomic E-state index is 11.6. The largest absolute Gasteiger partial charge is 0.506 e. The van der Waals surface area contributed by atoms with Crippen molar-refractivity contribution >= 4 is 35.3 Å². The molecule has 0 bridgehead atoms. The van der Waals surface area contributed by atoms with Gasteiger partial charge in [-0.1, -0.05) is 28.4 Å². The summed E-state index contributed by atoms with van der Waals surface area (Å²) in [5.74, 6) is -0.777. The molecule has 0 aliphatic carbocycles. The Bertz CT molecular complexity index is 684. The van der Waals surface area contributed by atoms with Crippen LogP contribution in [0.2, 0.25) is 10.0 Å². The third-order valence-corrected chi connectivity index (χ3v) is 2.80. The summed E-state index contributed by atoms with van der Waals surface area (Å²) < 4.78 is 4.39. The van der Waals surface area contributed by atoms with Gasteiger partial charge in [-0.15, -0.1) is 0 Å². The van der Waals surface area contributed by atoms with E-state index in [1.165, 1.54) is 18.3 Å². The first-order valence-corrected chi connectivity index (χ1v) is 6.05. The van der Waals surface area contributed by atoms with Crippen LogP contribution in [0.3, 0.4) is 0 Å². The van der Waals surface area contributed by atoms with Gasteiger partial charge in [-0.2, -0.15) is 5.10 Å². The first kappa shape index (κ1) is 14.3. The third kappa shape index (κ3) is 3.06. The predicted octanol–water partition coefficient (Wildman–Crippen LogP) is 2.15. The summed E-state index contributed by atoms with van der Waals surface area (Å²) in [6.45, 7) is 1.57. The number of nitrogens with one attached hydrogen (secondary N) is 1. The van der Waals surface area contributed by atoms with Crippen molar-refractivity contribution in [3.8, 4) is 5.75 Å². The molecule has 1 aromatic carbocycles. The smallest absolute Gasteiger partial charge is 0.295 e. The number of halogens is 2. The summed E-state index contributed by atoms with van der Waals surface area (Å²) in [5, 5.41) is 20.7. The van der Waals surface area contributed by atoms with Gasteiger partial charge >= 0.3 is 0 Å². The van der Waals surface area contributed by atoms with Crippen molar-refractivity contribution in [1.29, 1.82) is 0 Å². The minimum atomic E-state index is -0.590. The van der Waals surface area contributed by atoms with Crippen LogP contribution in [-0.4, -0.2) is 27.5 Å². The molecule has 1 heterocycles. The number of hydrazone groups is 1. The van der Waals surface area contributed by atoms with E-state index >= 15 is 0 Å². The number of phenolic OH excluding ortho intramolecular Hbond substituents is 1. The average molecular weight is 315 g/mol. The van der Waals surface area contributed by atoms with Crippen LogP contribution in [0.15, 0.2) is 21.9 Å². The summed E-state index contributed by atoms with van der Waals surface area (Å²) in [7, 11) is 0. The van der Waals surface area contributed by atoms with Crippen LogP contribution in [-0.2, 0) is 0 Å². The van der Waals surface area contributed by atoms with Gasteiger partial charge in [0.2, 0.25) is 0 Å². The van der Waals surface area contributed by atoms with Crippen molar-refractivity contribution in [2.24, 2.45) is 5.10 Å². The van der Waals surface area contributed by atoms with Crippen LogP contribution >= 0.6 is 23.2 Å². The summed E-state index contributed by atoms with van der Waals surface area (Å²) in [5.41, 5.74) is 2.84. The number of aromatic hydroxyl groups is 1. The van der Waals surface area contributed by atoms with Gasteiger partial charge in [0.15, 0.2) is 5.69 Å². The van der Waals surface area contributed by atoms with E-state index in [9.17, 15) is 9.90 Å². The second-order valence-electron chi connectivity index (χ2n) is 3.72. The minimum absolute atomic E-state index is 0.0236. The van der Waals surface area contributed by atoms with Crippen LogP contribution in [0.1, 0.15) is 21.7 Å². The number of nitrogens with zero attached hydrogens (tertiary/aromatic N) is 3. The zero-order valence-electron chi connectivity index (χ0n) is 10.1. The molecule has 9 heteroatoms. The monoisotopic (exact) mass is 314 g/mol. The molecule has 1 amide bonds. The molecule has 7 nitrogen and oxygen atoms in total. The highest BCUT2D eigenvalue weighted by molar-refractivity contribution is 6.36. The lowest BCUT2D eigenvalue weighted by molar-refractivity contribution is 0.0945. The topological polar surface area (TPSA) is 101 Å². The molecule has 0 unspecified atom stereocenters. The third-order valence-electron chi connectivity index (χ3n) is 2.30. The standard InChI is InChI=1S/C11H8Cl2N4O3/c1-5-9(17-20-16-5)11(19)15-14-4-6-2-7(12)3-8(13)10(6)18/h2-4,18H,1H3,(H,15,19)/b14-4-. The van der Waals surface area contributed by atoms with Crippen LogP contribution in [0.5, 0.6) is 5.75 Å². The number of phenols is 1. The Hall–Kier alpha value is -2.12.